The smallest absolute Gasteiger partial charge is 0.227 e. The lowest BCUT2D eigenvalue weighted by Gasteiger charge is -2.28. The summed E-state index contributed by atoms with van der Waals surface area (Å²) in [5.74, 6) is -0.619. The molecule has 1 atom stereocenters. The summed E-state index contributed by atoms with van der Waals surface area (Å²) in [5.41, 5.74) is 1.55. The zero-order valence-corrected chi connectivity index (χ0v) is 15.5. The number of carbonyl (C=O) groups excluding carboxylic acids is 2. The molecule has 142 valence electrons. The largest absolute Gasteiger partial charge is 0.349 e. The highest BCUT2D eigenvalue weighted by Crippen LogP contribution is 2.30. The first-order valence-corrected chi connectivity index (χ1v) is 9.44. The minimum absolute atomic E-state index is 0.0345. The van der Waals surface area contributed by atoms with Gasteiger partial charge in [0.25, 0.3) is 0 Å². The maximum atomic E-state index is 13.2. The number of hydrogen-bond donors (Lipinski definition) is 2. The molecule has 0 heterocycles. The Hall–Kier alpha value is -2.69. The van der Waals surface area contributed by atoms with Crippen LogP contribution < -0.4 is 10.6 Å². The molecule has 1 saturated carbocycles. The molecule has 0 spiro atoms. The molecular formula is C22H25FN2O2. The van der Waals surface area contributed by atoms with E-state index in [9.17, 15) is 14.0 Å². The second-order valence-electron chi connectivity index (χ2n) is 7.19. The van der Waals surface area contributed by atoms with Crippen LogP contribution in [-0.4, -0.2) is 11.8 Å². The molecule has 0 aromatic heterocycles. The first-order valence-electron chi connectivity index (χ1n) is 9.44. The Bertz CT molecular complexity index is 786. The van der Waals surface area contributed by atoms with Gasteiger partial charge in [0.1, 0.15) is 5.82 Å². The van der Waals surface area contributed by atoms with Crippen molar-refractivity contribution in [2.45, 2.75) is 38.6 Å². The number of amides is 2. The van der Waals surface area contributed by atoms with E-state index in [1.165, 1.54) is 12.1 Å². The third-order valence-electron chi connectivity index (χ3n) is 5.22. The summed E-state index contributed by atoms with van der Waals surface area (Å²) in [5, 5.41) is 5.85. The van der Waals surface area contributed by atoms with E-state index < -0.39 is 0 Å². The van der Waals surface area contributed by atoms with Gasteiger partial charge in [0.2, 0.25) is 11.8 Å². The van der Waals surface area contributed by atoms with Crippen LogP contribution >= 0.6 is 0 Å². The Morgan fingerprint density at radius 1 is 0.926 bits per heavy atom. The Kier molecular flexibility index (Phi) is 6.22. The molecule has 1 unspecified atom stereocenters. The molecule has 27 heavy (non-hydrogen) atoms. The number of rotatable bonds is 5. The van der Waals surface area contributed by atoms with Crippen molar-refractivity contribution in [3.05, 3.63) is 66.0 Å². The summed E-state index contributed by atoms with van der Waals surface area (Å²) in [6.45, 7) is 1.98. The van der Waals surface area contributed by atoms with Gasteiger partial charge in [0, 0.05) is 17.5 Å². The fourth-order valence-corrected chi connectivity index (χ4v) is 3.58. The van der Waals surface area contributed by atoms with Crippen LogP contribution in [0, 0.1) is 17.7 Å². The third kappa shape index (κ3) is 5.16. The maximum absolute atomic E-state index is 13.2. The van der Waals surface area contributed by atoms with Gasteiger partial charge in [-0.1, -0.05) is 36.4 Å². The van der Waals surface area contributed by atoms with Crippen molar-refractivity contribution in [1.29, 1.82) is 0 Å². The van der Waals surface area contributed by atoms with Crippen LogP contribution in [0.2, 0.25) is 0 Å². The third-order valence-corrected chi connectivity index (χ3v) is 5.22. The van der Waals surface area contributed by atoms with Crippen LogP contribution in [0.5, 0.6) is 0 Å². The van der Waals surface area contributed by atoms with Crippen LogP contribution in [0.15, 0.2) is 54.6 Å². The lowest BCUT2D eigenvalue weighted by Crippen LogP contribution is -2.36. The zero-order valence-electron chi connectivity index (χ0n) is 15.5. The average molecular weight is 368 g/mol. The number of hydrogen-bond acceptors (Lipinski definition) is 2. The van der Waals surface area contributed by atoms with Gasteiger partial charge in [-0.05, 0) is 56.4 Å². The van der Waals surface area contributed by atoms with E-state index in [-0.39, 0.29) is 35.5 Å². The van der Waals surface area contributed by atoms with Crippen LogP contribution in [0.25, 0.3) is 0 Å². The predicted octanol–water partition coefficient (Wildman–Crippen LogP) is 4.45. The normalized spacial score (nSPS) is 20.5. The first-order chi connectivity index (χ1) is 13.0. The summed E-state index contributed by atoms with van der Waals surface area (Å²) in [6.07, 6.45) is 2.71. The van der Waals surface area contributed by atoms with Gasteiger partial charge in [-0.25, -0.2) is 4.39 Å². The highest BCUT2D eigenvalue weighted by Gasteiger charge is 2.30. The average Bonchev–Trinajstić information content (AvgIpc) is 2.68. The number of benzene rings is 2. The minimum atomic E-state index is -0.374. The lowest BCUT2D eigenvalue weighted by atomic mass is 9.81. The molecule has 1 fully saturated rings. The van der Waals surface area contributed by atoms with E-state index in [2.05, 4.69) is 10.6 Å². The van der Waals surface area contributed by atoms with Gasteiger partial charge in [-0.3, -0.25) is 9.59 Å². The summed E-state index contributed by atoms with van der Waals surface area (Å²) in [7, 11) is 0. The summed E-state index contributed by atoms with van der Waals surface area (Å²) < 4.78 is 13.2. The van der Waals surface area contributed by atoms with Crippen LogP contribution in [0.1, 0.15) is 44.2 Å². The Morgan fingerprint density at radius 3 is 2.19 bits per heavy atom. The molecule has 0 aliphatic heterocycles. The summed E-state index contributed by atoms with van der Waals surface area (Å²) >= 11 is 0. The van der Waals surface area contributed by atoms with Crippen LogP contribution in [0.4, 0.5) is 10.1 Å². The number of nitrogens with one attached hydrogen (secondary N) is 2. The molecule has 0 bridgehead atoms. The lowest BCUT2D eigenvalue weighted by molar-refractivity contribution is -0.129. The highest BCUT2D eigenvalue weighted by molar-refractivity contribution is 5.92. The fraction of sp³-hybridized carbons (Fsp3) is 0.364. The zero-order chi connectivity index (χ0) is 19.2. The summed E-state index contributed by atoms with van der Waals surface area (Å²) in [4.78, 5) is 24.9. The van der Waals surface area contributed by atoms with E-state index in [1.54, 1.807) is 12.1 Å². The second-order valence-corrected chi connectivity index (χ2v) is 7.19. The Balaban J connectivity index is 1.48. The number of halogens is 1. The van der Waals surface area contributed by atoms with Crippen molar-refractivity contribution < 1.29 is 14.0 Å². The van der Waals surface area contributed by atoms with E-state index in [1.807, 2.05) is 37.3 Å². The molecule has 3 rings (SSSR count). The monoisotopic (exact) mass is 368 g/mol. The van der Waals surface area contributed by atoms with Crippen molar-refractivity contribution in [3.63, 3.8) is 0 Å². The molecule has 1 aliphatic carbocycles. The predicted molar refractivity (Wildman–Crippen MR) is 103 cm³/mol. The van der Waals surface area contributed by atoms with Gasteiger partial charge >= 0.3 is 0 Å². The molecule has 2 aromatic carbocycles. The molecule has 0 radical (unpaired) electrons. The SMILES string of the molecule is CC(NC(=O)C1CCC(C(=O)Nc2cccc(F)c2)CC1)c1ccccc1. The number of carbonyl (C=O) groups is 2. The van der Waals surface area contributed by atoms with Crippen molar-refractivity contribution in [2.75, 3.05) is 5.32 Å². The van der Waals surface area contributed by atoms with Gasteiger partial charge in [-0.2, -0.15) is 0 Å². The first kappa shape index (κ1) is 19.1. The molecule has 2 amide bonds. The standard InChI is InChI=1S/C22H25FN2O2/c1-15(16-6-3-2-4-7-16)24-21(26)17-10-12-18(13-11-17)22(27)25-20-9-5-8-19(23)14-20/h2-9,14-15,17-18H,10-13H2,1H3,(H,24,26)(H,25,27). The van der Waals surface area contributed by atoms with E-state index >= 15 is 0 Å². The topological polar surface area (TPSA) is 58.2 Å². The molecule has 2 aromatic rings. The second kappa shape index (κ2) is 8.80. The van der Waals surface area contributed by atoms with Crippen molar-refractivity contribution in [3.8, 4) is 0 Å². The van der Waals surface area contributed by atoms with Gasteiger partial charge in [0.05, 0.1) is 6.04 Å². The van der Waals surface area contributed by atoms with Crippen molar-refractivity contribution in [1.82, 2.24) is 5.32 Å². The van der Waals surface area contributed by atoms with Gasteiger partial charge in [-0.15, -0.1) is 0 Å². The maximum Gasteiger partial charge on any atom is 0.227 e. The highest BCUT2D eigenvalue weighted by atomic mass is 19.1. The molecule has 1 aliphatic rings. The van der Waals surface area contributed by atoms with Crippen molar-refractivity contribution in [2.24, 2.45) is 11.8 Å². The van der Waals surface area contributed by atoms with Crippen molar-refractivity contribution >= 4 is 17.5 Å². The van der Waals surface area contributed by atoms with E-state index in [4.69, 9.17) is 0 Å². The molecule has 2 N–H and O–H groups in total. The molecular weight excluding hydrogens is 343 g/mol. The van der Waals surface area contributed by atoms with Crippen LogP contribution in [0.3, 0.4) is 0 Å². The van der Waals surface area contributed by atoms with E-state index in [0.29, 0.717) is 31.4 Å². The quantitative estimate of drug-likeness (QED) is 0.819. The van der Waals surface area contributed by atoms with Gasteiger partial charge in [0.15, 0.2) is 0 Å². The fourth-order valence-electron chi connectivity index (χ4n) is 3.58. The Morgan fingerprint density at radius 2 is 1.56 bits per heavy atom. The molecule has 4 nitrogen and oxygen atoms in total. The van der Waals surface area contributed by atoms with E-state index in [0.717, 1.165) is 5.56 Å². The number of anilines is 1. The Labute approximate surface area is 159 Å². The van der Waals surface area contributed by atoms with Crippen LogP contribution in [-0.2, 0) is 9.59 Å². The molecule has 0 saturated heterocycles. The molecule has 5 heteroatoms. The van der Waals surface area contributed by atoms with Gasteiger partial charge < -0.3 is 10.6 Å². The minimum Gasteiger partial charge on any atom is -0.349 e. The summed E-state index contributed by atoms with van der Waals surface area (Å²) in [6, 6.07) is 15.7.